The van der Waals surface area contributed by atoms with Crippen molar-refractivity contribution in [3.63, 3.8) is 0 Å². The van der Waals surface area contributed by atoms with Crippen LogP contribution in [0.15, 0.2) is 102 Å². The average molecular weight is 460 g/mol. The first-order valence-electron chi connectivity index (χ1n) is 12.2. The highest BCUT2D eigenvalue weighted by atomic mass is 16.5. The number of aliphatic imine (C=N–C) groups is 1. The van der Waals surface area contributed by atoms with Gasteiger partial charge in [0.25, 0.3) is 6.02 Å². The summed E-state index contributed by atoms with van der Waals surface area (Å²) >= 11 is 0. The van der Waals surface area contributed by atoms with E-state index in [4.69, 9.17) is 9.73 Å². The van der Waals surface area contributed by atoms with Crippen molar-refractivity contribution in [3.05, 3.63) is 115 Å². The van der Waals surface area contributed by atoms with Crippen LogP contribution in [0.1, 0.15) is 37.9 Å². The summed E-state index contributed by atoms with van der Waals surface area (Å²) in [5.74, 6) is 0. The molecule has 0 aliphatic carbocycles. The van der Waals surface area contributed by atoms with E-state index >= 15 is 0 Å². The summed E-state index contributed by atoms with van der Waals surface area (Å²) in [6.07, 6.45) is 4.07. The fourth-order valence-electron chi connectivity index (χ4n) is 4.96. The number of ether oxygens (including phenoxy) is 1. The zero-order valence-electron chi connectivity index (χ0n) is 20.3. The molecule has 0 amide bonds. The first-order valence-corrected chi connectivity index (χ1v) is 12.2. The topological polar surface area (TPSA) is 28.1 Å². The molecule has 4 aromatic rings. The molecule has 1 atom stereocenters. The lowest BCUT2D eigenvalue weighted by Crippen LogP contribution is -2.28. The average Bonchev–Trinajstić information content (AvgIpc) is 3.55. The maximum absolute atomic E-state index is 5.99. The maximum Gasteiger partial charge on any atom is 0.294 e. The molecule has 0 saturated carbocycles. The second kappa shape index (κ2) is 8.46. The number of benzene rings is 4. The Bertz CT molecular complexity index is 1360. The van der Waals surface area contributed by atoms with Crippen LogP contribution in [0.3, 0.4) is 0 Å². The van der Waals surface area contributed by atoms with E-state index in [0.29, 0.717) is 12.6 Å². The number of hydrogen-bond acceptors (Lipinski definition) is 4. The Morgan fingerprint density at radius 2 is 1.37 bits per heavy atom. The number of hydrogen-bond donors (Lipinski definition) is 0. The minimum Gasteiger partial charge on any atom is -0.463 e. The van der Waals surface area contributed by atoms with Gasteiger partial charge in [0.15, 0.2) is 0 Å². The minimum absolute atomic E-state index is 0.0549. The summed E-state index contributed by atoms with van der Waals surface area (Å²) in [6, 6.07) is 30.9. The lowest BCUT2D eigenvalue weighted by Gasteiger charge is -2.30. The molecule has 174 valence electrons. The lowest BCUT2D eigenvalue weighted by molar-refractivity contribution is 0.219. The van der Waals surface area contributed by atoms with Crippen molar-refractivity contribution >= 4 is 27.6 Å². The van der Waals surface area contributed by atoms with Crippen molar-refractivity contribution in [1.29, 1.82) is 0 Å². The van der Waals surface area contributed by atoms with E-state index in [0.717, 1.165) is 0 Å². The Morgan fingerprint density at radius 3 is 1.94 bits per heavy atom. The second-order valence-electron chi connectivity index (χ2n) is 10.3. The molecule has 0 aromatic heterocycles. The van der Waals surface area contributed by atoms with Crippen molar-refractivity contribution < 1.29 is 4.74 Å². The zero-order valence-corrected chi connectivity index (χ0v) is 20.3. The molecule has 0 spiro atoms. The third-order valence-corrected chi connectivity index (χ3v) is 6.96. The molecule has 2 radical (unpaired) electrons. The predicted octanol–water partition coefficient (Wildman–Crippen LogP) is 6.97. The quantitative estimate of drug-likeness (QED) is 0.331. The summed E-state index contributed by atoms with van der Waals surface area (Å²) in [4.78, 5) is 8.90. The van der Waals surface area contributed by atoms with Crippen LogP contribution in [-0.2, 0) is 4.74 Å². The van der Waals surface area contributed by atoms with Gasteiger partial charge < -0.3 is 9.64 Å². The van der Waals surface area contributed by atoms with Gasteiger partial charge in [-0.25, -0.2) is 4.99 Å². The van der Waals surface area contributed by atoms with Gasteiger partial charge >= 0.3 is 0 Å². The van der Waals surface area contributed by atoms with Crippen LogP contribution in [0.25, 0.3) is 21.5 Å². The molecule has 6 rings (SSSR count). The van der Waals surface area contributed by atoms with Crippen LogP contribution in [-0.4, -0.2) is 28.5 Å². The van der Waals surface area contributed by atoms with E-state index in [2.05, 4.69) is 123 Å². The van der Waals surface area contributed by atoms with E-state index < -0.39 is 0 Å². The molecule has 2 heterocycles. The molecule has 2 aliphatic rings. The fourth-order valence-corrected chi connectivity index (χ4v) is 4.96. The van der Waals surface area contributed by atoms with Crippen molar-refractivity contribution in [3.8, 4) is 0 Å². The molecule has 35 heavy (non-hydrogen) atoms. The molecule has 0 saturated heterocycles. The third-order valence-electron chi connectivity index (χ3n) is 6.96. The Morgan fingerprint density at radius 1 is 0.800 bits per heavy atom. The number of fused-ring (bicyclic) bond motifs is 2. The Labute approximate surface area is 207 Å². The Kier molecular flexibility index (Phi) is 5.25. The summed E-state index contributed by atoms with van der Waals surface area (Å²) in [7, 11) is 0. The van der Waals surface area contributed by atoms with Gasteiger partial charge in [-0.15, -0.1) is 0 Å². The Hall–Kier alpha value is -3.79. The zero-order chi connectivity index (χ0) is 24.0. The van der Waals surface area contributed by atoms with Gasteiger partial charge in [0.05, 0.1) is 12.1 Å². The van der Waals surface area contributed by atoms with Crippen LogP contribution in [0.5, 0.6) is 0 Å². The van der Waals surface area contributed by atoms with E-state index in [1.54, 1.807) is 0 Å². The first-order chi connectivity index (χ1) is 17.0. The largest absolute Gasteiger partial charge is 0.463 e. The molecule has 4 aromatic carbocycles. The monoisotopic (exact) mass is 459 g/mol. The number of rotatable bonds is 3. The number of amidine groups is 1. The van der Waals surface area contributed by atoms with Crippen molar-refractivity contribution in [2.75, 3.05) is 6.61 Å². The van der Waals surface area contributed by atoms with Crippen molar-refractivity contribution in [2.45, 2.75) is 32.9 Å². The number of nitrogens with zero attached hydrogens (tertiary/aromatic N) is 3. The normalized spacial score (nSPS) is 18.1. The fraction of sp³-hybridized carbons (Fsp3) is 0.226. The molecule has 2 aliphatic heterocycles. The van der Waals surface area contributed by atoms with E-state index in [1.807, 2.05) is 11.1 Å². The molecule has 0 bridgehead atoms. The first kappa shape index (κ1) is 21.7. The van der Waals surface area contributed by atoms with Crippen LogP contribution >= 0.6 is 0 Å². The highest BCUT2D eigenvalue weighted by Gasteiger charge is 2.35. The van der Waals surface area contributed by atoms with E-state index in [1.165, 1.54) is 32.7 Å². The molecule has 0 N–H and O–H groups in total. The van der Waals surface area contributed by atoms with Crippen LogP contribution < -0.4 is 0 Å². The Balaban J connectivity index is 1.44. The smallest absolute Gasteiger partial charge is 0.294 e. The predicted molar refractivity (Wildman–Crippen MR) is 142 cm³/mol. The van der Waals surface area contributed by atoms with Gasteiger partial charge in [-0.3, -0.25) is 4.90 Å². The summed E-state index contributed by atoms with van der Waals surface area (Å²) in [5.41, 5.74) is 2.53. The molecule has 0 unspecified atom stereocenters. The molecule has 4 heteroatoms. The minimum atomic E-state index is -0.0612. The summed E-state index contributed by atoms with van der Waals surface area (Å²) in [6.45, 7) is 10.7. The van der Waals surface area contributed by atoms with Crippen LogP contribution in [0.4, 0.5) is 0 Å². The van der Waals surface area contributed by atoms with E-state index in [9.17, 15) is 0 Å². The molecule has 4 nitrogen and oxygen atoms in total. The summed E-state index contributed by atoms with van der Waals surface area (Å²) < 4.78 is 5.99. The molecule has 0 fully saturated rings. The molecular formula is C31H29N3O. The standard InChI is InChI=1S/C31H29N3O/c1-31(2,3)28-20-35-30(32-28)34-19-18-33(21-34)29(26-16-8-12-22-10-4-6-14-24(22)26)27-17-9-13-23-11-5-7-15-25(23)27/h4-19,28-29H,20H2,1-3H3/t28-/m1/s1. The van der Waals surface area contributed by atoms with Crippen molar-refractivity contribution in [1.82, 2.24) is 9.80 Å². The van der Waals surface area contributed by atoms with Gasteiger partial charge in [-0.05, 0) is 38.1 Å². The van der Waals surface area contributed by atoms with Crippen molar-refractivity contribution in [2.24, 2.45) is 10.4 Å². The van der Waals surface area contributed by atoms with Gasteiger partial charge in [-0.2, -0.15) is 0 Å². The molecular weight excluding hydrogens is 430 g/mol. The van der Waals surface area contributed by atoms with Gasteiger partial charge in [0, 0.05) is 12.4 Å². The van der Waals surface area contributed by atoms with Gasteiger partial charge in [-0.1, -0.05) is 106 Å². The van der Waals surface area contributed by atoms with Gasteiger partial charge in [0.1, 0.15) is 6.61 Å². The van der Waals surface area contributed by atoms with Crippen LogP contribution in [0.2, 0.25) is 0 Å². The SMILES string of the molecule is CC(C)(C)[C@H]1COC(N2[C]N(C(c3cccc4ccccc34)c3cccc4ccccc34)C=C2)=N1. The second-order valence-corrected chi connectivity index (χ2v) is 10.3. The van der Waals surface area contributed by atoms with Crippen LogP contribution in [0, 0.1) is 12.1 Å². The summed E-state index contributed by atoms with van der Waals surface area (Å²) in [5, 5.41) is 4.94. The highest BCUT2D eigenvalue weighted by molar-refractivity contribution is 5.90. The van der Waals surface area contributed by atoms with E-state index in [-0.39, 0.29) is 17.5 Å². The lowest BCUT2D eigenvalue weighted by atomic mass is 9.88. The highest BCUT2D eigenvalue weighted by Crippen LogP contribution is 2.40. The maximum atomic E-state index is 5.99. The van der Waals surface area contributed by atoms with Gasteiger partial charge in [0.2, 0.25) is 6.67 Å². The third kappa shape index (κ3) is 3.93.